The Morgan fingerprint density at radius 3 is 2.75 bits per heavy atom. The van der Waals surface area contributed by atoms with Crippen LogP contribution < -0.4 is 10.2 Å². The van der Waals surface area contributed by atoms with Gasteiger partial charge in [-0.15, -0.1) is 0 Å². The third-order valence-corrected chi connectivity index (χ3v) is 4.29. The Morgan fingerprint density at radius 2 is 2.04 bits per heavy atom. The van der Waals surface area contributed by atoms with Crippen molar-refractivity contribution in [2.45, 2.75) is 19.0 Å². The lowest BCUT2D eigenvalue weighted by Crippen LogP contribution is -2.39. The van der Waals surface area contributed by atoms with Crippen LogP contribution in [0.2, 0.25) is 0 Å². The van der Waals surface area contributed by atoms with Crippen LogP contribution >= 0.6 is 0 Å². The SMILES string of the molecule is CNC(=O)c1ccc(CN(C)[C@H]2CCN(c3ccccc3)C2=O)o1. The van der Waals surface area contributed by atoms with Crippen LogP contribution in [0, 0.1) is 0 Å². The van der Waals surface area contributed by atoms with Crippen LogP contribution in [0.15, 0.2) is 46.9 Å². The summed E-state index contributed by atoms with van der Waals surface area (Å²) in [6.07, 6.45) is 0.771. The molecule has 1 N–H and O–H groups in total. The molecule has 1 saturated heterocycles. The highest BCUT2D eigenvalue weighted by Gasteiger charge is 2.35. The van der Waals surface area contributed by atoms with Crippen molar-refractivity contribution in [1.29, 1.82) is 0 Å². The van der Waals surface area contributed by atoms with E-state index in [1.807, 2.05) is 47.2 Å². The number of hydrogen-bond donors (Lipinski definition) is 1. The molecule has 2 heterocycles. The van der Waals surface area contributed by atoms with E-state index in [0.29, 0.717) is 18.8 Å². The Balaban J connectivity index is 1.65. The van der Waals surface area contributed by atoms with Gasteiger partial charge in [-0.3, -0.25) is 14.5 Å². The first-order chi connectivity index (χ1) is 11.6. The summed E-state index contributed by atoms with van der Waals surface area (Å²) in [5.74, 6) is 0.796. The van der Waals surface area contributed by atoms with Crippen molar-refractivity contribution in [2.24, 2.45) is 0 Å². The number of carbonyl (C=O) groups excluding carboxylic acids is 2. The maximum Gasteiger partial charge on any atom is 0.286 e. The van der Waals surface area contributed by atoms with Gasteiger partial charge in [-0.1, -0.05) is 18.2 Å². The molecule has 1 aromatic carbocycles. The predicted molar refractivity (Wildman–Crippen MR) is 90.8 cm³/mol. The molecular weight excluding hydrogens is 306 g/mol. The summed E-state index contributed by atoms with van der Waals surface area (Å²) in [5, 5.41) is 2.53. The molecule has 0 saturated carbocycles. The first kappa shape index (κ1) is 16.3. The molecule has 0 radical (unpaired) electrons. The van der Waals surface area contributed by atoms with Crippen LogP contribution in [-0.4, -0.2) is 43.4 Å². The highest BCUT2D eigenvalue weighted by atomic mass is 16.4. The molecule has 1 aromatic heterocycles. The third-order valence-electron chi connectivity index (χ3n) is 4.29. The van der Waals surface area contributed by atoms with Gasteiger partial charge < -0.3 is 14.6 Å². The van der Waals surface area contributed by atoms with E-state index in [0.717, 1.165) is 12.1 Å². The molecule has 1 aliphatic heterocycles. The van der Waals surface area contributed by atoms with Gasteiger partial charge in [-0.25, -0.2) is 0 Å². The van der Waals surface area contributed by atoms with E-state index in [1.54, 1.807) is 19.2 Å². The van der Waals surface area contributed by atoms with Crippen LogP contribution in [0.1, 0.15) is 22.7 Å². The molecule has 0 aliphatic carbocycles. The topological polar surface area (TPSA) is 65.8 Å². The smallest absolute Gasteiger partial charge is 0.286 e. The third kappa shape index (κ3) is 3.19. The number of para-hydroxylation sites is 1. The normalized spacial score (nSPS) is 17.5. The van der Waals surface area contributed by atoms with Crippen molar-refractivity contribution < 1.29 is 14.0 Å². The van der Waals surface area contributed by atoms with Crippen molar-refractivity contribution in [3.8, 4) is 0 Å². The van der Waals surface area contributed by atoms with Crippen molar-refractivity contribution in [3.63, 3.8) is 0 Å². The summed E-state index contributed by atoms with van der Waals surface area (Å²) in [5.41, 5.74) is 0.929. The summed E-state index contributed by atoms with van der Waals surface area (Å²) < 4.78 is 5.53. The van der Waals surface area contributed by atoms with Crippen molar-refractivity contribution in [2.75, 3.05) is 25.5 Å². The van der Waals surface area contributed by atoms with E-state index in [-0.39, 0.29) is 23.6 Å². The van der Waals surface area contributed by atoms with Gasteiger partial charge in [-0.2, -0.15) is 0 Å². The fraction of sp³-hybridized carbons (Fsp3) is 0.333. The lowest BCUT2D eigenvalue weighted by atomic mass is 10.2. The largest absolute Gasteiger partial charge is 0.455 e. The average Bonchev–Trinajstić information content (AvgIpc) is 3.21. The van der Waals surface area contributed by atoms with Gasteiger partial charge in [0, 0.05) is 19.3 Å². The highest BCUT2D eigenvalue weighted by Crippen LogP contribution is 2.24. The monoisotopic (exact) mass is 327 g/mol. The first-order valence-corrected chi connectivity index (χ1v) is 7.97. The number of anilines is 1. The van der Waals surface area contributed by atoms with E-state index >= 15 is 0 Å². The standard InChI is InChI=1S/C18H21N3O3/c1-19-17(22)16-9-8-14(24-16)12-20(2)15-10-11-21(18(15)23)13-6-4-3-5-7-13/h3-9,15H,10-12H2,1-2H3,(H,19,22)/t15-/m0/s1. The Morgan fingerprint density at radius 1 is 1.29 bits per heavy atom. The molecule has 1 atom stereocenters. The second-order valence-electron chi connectivity index (χ2n) is 5.89. The zero-order valence-corrected chi connectivity index (χ0v) is 13.9. The lowest BCUT2D eigenvalue weighted by molar-refractivity contribution is -0.121. The predicted octanol–water partition coefficient (Wildman–Crippen LogP) is 1.88. The van der Waals surface area contributed by atoms with Crippen LogP contribution in [0.5, 0.6) is 0 Å². The van der Waals surface area contributed by atoms with E-state index in [4.69, 9.17) is 4.42 Å². The van der Waals surface area contributed by atoms with Gasteiger partial charge in [0.2, 0.25) is 5.91 Å². The first-order valence-electron chi connectivity index (χ1n) is 7.97. The van der Waals surface area contributed by atoms with Gasteiger partial charge in [-0.05, 0) is 37.7 Å². The summed E-state index contributed by atoms with van der Waals surface area (Å²) >= 11 is 0. The average molecular weight is 327 g/mol. The van der Waals surface area contributed by atoms with Gasteiger partial charge in [0.05, 0.1) is 12.6 Å². The molecule has 1 fully saturated rings. The molecule has 24 heavy (non-hydrogen) atoms. The minimum atomic E-state index is -0.254. The molecule has 0 unspecified atom stereocenters. The molecular formula is C18H21N3O3. The number of rotatable bonds is 5. The fourth-order valence-electron chi connectivity index (χ4n) is 3.00. The molecule has 1 aliphatic rings. The molecule has 0 bridgehead atoms. The quantitative estimate of drug-likeness (QED) is 0.910. The Hall–Kier alpha value is -2.60. The second-order valence-corrected chi connectivity index (χ2v) is 5.89. The fourth-order valence-corrected chi connectivity index (χ4v) is 3.00. The number of hydrogen-bond acceptors (Lipinski definition) is 4. The van der Waals surface area contributed by atoms with E-state index in [1.165, 1.54) is 0 Å². The van der Waals surface area contributed by atoms with Crippen molar-refractivity contribution in [3.05, 3.63) is 54.0 Å². The minimum Gasteiger partial charge on any atom is -0.455 e. The second kappa shape index (κ2) is 6.88. The number of furan rings is 1. The summed E-state index contributed by atoms with van der Waals surface area (Å²) in [6, 6.07) is 12.9. The van der Waals surface area contributed by atoms with Crippen molar-refractivity contribution >= 4 is 17.5 Å². The lowest BCUT2D eigenvalue weighted by Gasteiger charge is -2.23. The van der Waals surface area contributed by atoms with Gasteiger partial charge in [0.1, 0.15) is 5.76 Å². The van der Waals surface area contributed by atoms with E-state index in [2.05, 4.69) is 5.32 Å². The summed E-state index contributed by atoms with van der Waals surface area (Å²) in [6.45, 7) is 1.19. The minimum absolute atomic E-state index is 0.0989. The molecule has 126 valence electrons. The zero-order chi connectivity index (χ0) is 17.1. The van der Waals surface area contributed by atoms with Crippen molar-refractivity contribution in [1.82, 2.24) is 10.2 Å². The maximum atomic E-state index is 12.7. The summed E-state index contributed by atoms with van der Waals surface area (Å²) in [4.78, 5) is 28.0. The Bertz CT molecular complexity index is 726. The van der Waals surface area contributed by atoms with Crippen LogP contribution in [-0.2, 0) is 11.3 Å². The van der Waals surface area contributed by atoms with E-state index < -0.39 is 0 Å². The van der Waals surface area contributed by atoms with Crippen LogP contribution in [0.4, 0.5) is 5.69 Å². The Kier molecular flexibility index (Phi) is 4.66. The van der Waals surface area contributed by atoms with Crippen LogP contribution in [0.25, 0.3) is 0 Å². The van der Waals surface area contributed by atoms with Gasteiger partial charge in [0.25, 0.3) is 5.91 Å². The summed E-state index contributed by atoms with van der Waals surface area (Å²) in [7, 11) is 3.46. The molecule has 3 rings (SSSR count). The highest BCUT2D eigenvalue weighted by molar-refractivity contribution is 5.99. The number of likely N-dealkylation sites (N-methyl/N-ethyl adjacent to an activating group) is 1. The molecule has 2 amide bonds. The van der Waals surface area contributed by atoms with Crippen LogP contribution in [0.3, 0.4) is 0 Å². The molecule has 6 heteroatoms. The number of nitrogens with zero attached hydrogens (tertiary/aromatic N) is 2. The number of carbonyl (C=O) groups is 2. The van der Waals surface area contributed by atoms with Gasteiger partial charge >= 0.3 is 0 Å². The molecule has 0 spiro atoms. The number of benzene rings is 1. The maximum absolute atomic E-state index is 12.7. The Labute approximate surface area is 141 Å². The molecule has 2 aromatic rings. The number of nitrogens with one attached hydrogen (secondary N) is 1. The van der Waals surface area contributed by atoms with Gasteiger partial charge in [0.15, 0.2) is 5.76 Å². The zero-order valence-electron chi connectivity index (χ0n) is 13.9. The number of amides is 2. The molecule has 6 nitrogen and oxygen atoms in total. The van der Waals surface area contributed by atoms with E-state index in [9.17, 15) is 9.59 Å².